The van der Waals surface area contributed by atoms with Crippen LogP contribution in [-0.4, -0.2) is 37.5 Å². The minimum atomic E-state index is 0.183. The lowest BCUT2D eigenvalue weighted by molar-refractivity contribution is 0.0690. The van der Waals surface area contributed by atoms with E-state index in [9.17, 15) is 4.79 Å². The predicted molar refractivity (Wildman–Crippen MR) is 81.7 cm³/mol. The number of nitrogens with zero attached hydrogens (tertiary/aromatic N) is 1. The predicted octanol–water partition coefficient (Wildman–Crippen LogP) is 2.36. The molecule has 1 heterocycles. The van der Waals surface area contributed by atoms with Crippen molar-refractivity contribution in [3.63, 3.8) is 0 Å². The summed E-state index contributed by atoms with van der Waals surface area (Å²) >= 11 is 2.23. The van der Waals surface area contributed by atoms with Gasteiger partial charge in [0.15, 0.2) is 0 Å². The van der Waals surface area contributed by atoms with E-state index in [0.717, 1.165) is 41.6 Å². The molecule has 3 nitrogen and oxygen atoms in total. The van der Waals surface area contributed by atoms with Gasteiger partial charge in [0.1, 0.15) is 0 Å². The molecule has 98 valence electrons. The smallest absolute Gasteiger partial charge is 0.254 e. The molecule has 0 aliphatic carbocycles. The van der Waals surface area contributed by atoms with Crippen LogP contribution in [0.4, 0.5) is 0 Å². The number of rotatable bonds is 3. The van der Waals surface area contributed by atoms with Crippen LogP contribution in [0.5, 0.6) is 0 Å². The summed E-state index contributed by atoms with van der Waals surface area (Å²) in [5.74, 6) is 0.900. The Kier molecular flexibility index (Phi) is 5.00. The molecule has 0 aromatic heterocycles. The Bertz CT molecular complexity index is 414. The Morgan fingerprint density at radius 3 is 2.67 bits per heavy atom. The first-order valence-electron chi connectivity index (χ1n) is 6.40. The van der Waals surface area contributed by atoms with E-state index in [1.165, 1.54) is 0 Å². The highest BCUT2D eigenvalue weighted by Crippen LogP contribution is 2.20. The standard InChI is InChI=1S/C14H19IN2O/c1-16-10-11-6-8-17(9-7-11)14(18)12-4-2-3-5-13(12)15/h2-5,11,16H,6-10H2,1H3. The van der Waals surface area contributed by atoms with Crippen molar-refractivity contribution in [3.05, 3.63) is 33.4 Å². The second kappa shape index (κ2) is 6.52. The molecular formula is C14H19IN2O. The maximum absolute atomic E-state index is 12.4. The van der Waals surface area contributed by atoms with E-state index in [1.807, 2.05) is 36.2 Å². The van der Waals surface area contributed by atoms with Crippen LogP contribution in [0.15, 0.2) is 24.3 Å². The number of likely N-dealkylation sites (tertiary alicyclic amines) is 1. The van der Waals surface area contributed by atoms with Crippen LogP contribution in [0, 0.1) is 9.49 Å². The van der Waals surface area contributed by atoms with E-state index in [0.29, 0.717) is 5.92 Å². The fraction of sp³-hybridized carbons (Fsp3) is 0.500. The largest absolute Gasteiger partial charge is 0.339 e. The number of nitrogens with one attached hydrogen (secondary N) is 1. The van der Waals surface area contributed by atoms with Crippen LogP contribution in [-0.2, 0) is 0 Å². The van der Waals surface area contributed by atoms with Crippen LogP contribution in [0.1, 0.15) is 23.2 Å². The van der Waals surface area contributed by atoms with Crippen LogP contribution in [0.3, 0.4) is 0 Å². The van der Waals surface area contributed by atoms with Gasteiger partial charge in [-0.3, -0.25) is 4.79 Å². The van der Waals surface area contributed by atoms with Crippen LogP contribution >= 0.6 is 22.6 Å². The number of hydrogen-bond donors (Lipinski definition) is 1. The maximum atomic E-state index is 12.4. The maximum Gasteiger partial charge on any atom is 0.254 e. The molecule has 1 aromatic carbocycles. The van der Waals surface area contributed by atoms with Gasteiger partial charge in [-0.05, 0) is 67.1 Å². The number of hydrogen-bond acceptors (Lipinski definition) is 2. The van der Waals surface area contributed by atoms with Gasteiger partial charge in [0, 0.05) is 16.7 Å². The molecule has 1 aromatic rings. The summed E-state index contributed by atoms with van der Waals surface area (Å²) in [6, 6.07) is 7.81. The second-order valence-corrected chi connectivity index (χ2v) is 5.94. The van der Waals surface area contributed by atoms with E-state index in [-0.39, 0.29) is 5.91 Å². The van der Waals surface area contributed by atoms with Crippen molar-refractivity contribution in [2.24, 2.45) is 5.92 Å². The summed E-state index contributed by atoms with van der Waals surface area (Å²) in [4.78, 5) is 14.4. The number of amides is 1. The molecule has 1 aliphatic rings. The zero-order valence-corrected chi connectivity index (χ0v) is 12.8. The van der Waals surface area contributed by atoms with E-state index in [1.54, 1.807) is 0 Å². The molecule has 2 rings (SSSR count). The summed E-state index contributed by atoms with van der Waals surface area (Å²) in [5.41, 5.74) is 0.838. The second-order valence-electron chi connectivity index (χ2n) is 4.77. The first-order valence-corrected chi connectivity index (χ1v) is 7.48. The molecule has 0 saturated carbocycles. The summed E-state index contributed by atoms with van der Waals surface area (Å²) in [6.07, 6.45) is 2.21. The van der Waals surface area contributed by atoms with Gasteiger partial charge in [-0.15, -0.1) is 0 Å². The van der Waals surface area contributed by atoms with Crippen LogP contribution < -0.4 is 5.32 Å². The Labute approximate surface area is 122 Å². The Balaban J connectivity index is 1.98. The molecule has 1 aliphatic heterocycles. The van der Waals surface area contributed by atoms with Gasteiger partial charge < -0.3 is 10.2 Å². The van der Waals surface area contributed by atoms with Gasteiger partial charge in [-0.2, -0.15) is 0 Å². The van der Waals surface area contributed by atoms with Crippen molar-refractivity contribution in [3.8, 4) is 0 Å². The van der Waals surface area contributed by atoms with Crippen LogP contribution in [0.2, 0.25) is 0 Å². The summed E-state index contributed by atoms with van der Waals surface area (Å²) in [5, 5.41) is 3.22. The normalized spacial score (nSPS) is 16.9. The van der Waals surface area contributed by atoms with E-state index < -0.39 is 0 Å². The molecule has 0 atom stereocenters. The topological polar surface area (TPSA) is 32.3 Å². The zero-order valence-electron chi connectivity index (χ0n) is 10.7. The molecule has 0 spiro atoms. The van der Waals surface area contributed by atoms with Gasteiger partial charge in [-0.25, -0.2) is 0 Å². The molecule has 1 N–H and O–H groups in total. The summed E-state index contributed by atoms with van der Waals surface area (Å²) in [7, 11) is 1.99. The highest BCUT2D eigenvalue weighted by Gasteiger charge is 2.23. The number of benzene rings is 1. The quantitative estimate of drug-likeness (QED) is 0.842. The molecule has 1 amide bonds. The van der Waals surface area contributed by atoms with Crippen molar-refractivity contribution in [2.75, 3.05) is 26.7 Å². The van der Waals surface area contributed by atoms with Gasteiger partial charge in [0.2, 0.25) is 0 Å². The molecule has 0 radical (unpaired) electrons. The van der Waals surface area contributed by atoms with Crippen LogP contribution in [0.25, 0.3) is 0 Å². The monoisotopic (exact) mass is 358 g/mol. The summed E-state index contributed by atoms with van der Waals surface area (Å²) < 4.78 is 1.04. The molecule has 4 heteroatoms. The highest BCUT2D eigenvalue weighted by molar-refractivity contribution is 14.1. The summed E-state index contributed by atoms with van der Waals surface area (Å²) in [6.45, 7) is 2.83. The van der Waals surface area contributed by atoms with Crippen molar-refractivity contribution >= 4 is 28.5 Å². The minimum Gasteiger partial charge on any atom is -0.339 e. The fourth-order valence-electron chi connectivity index (χ4n) is 2.43. The zero-order chi connectivity index (χ0) is 13.0. The van der Waals surface area contributed by atoms with Crippen molar-refractivity contribution < 1.29 is 4.79 Å². The lowest BCUT2D eigenvalue weighted by Gasteiger charge is -2.32. The van der Waals surface area contributed by atoms with Crippen molar-refractivity contribution in [1.29, 1.82) is 0 Å². The lowest BCUT2D eigenvalue weighted by atomic mass is 9.96. The Morgan fingerprint density at radius 1 is 1.39 bits per heavy atom. The highest BCUT2D eigenvalue weighted by atomic mass is 127. The third-order valence-corrected chi connectivity index (χ3v) is 4.44. The van der Waals surface area contributed by atoms with Gasteiger partial charge in [-0.1, -0.05) is 12.1 Å². The van der Waals surface area contributed by atoms with E-state index in [2.05, 4.69) is 27.9 Å². The molecule has 1 fully saturated rings. The van der Waals surface area contributed by atoms with E-state index >= 15 is 0 Å². The third kappa shape index (κ3) is 3.23. The van der Waals surface area contributed by atoms with Gasteiger partial charge in [0.05, 0.1) is 5.56 Å². The SMILES string of the molecule is CNCC1CCN(C(=O)c2ccccc2I)CC1. The first-order chi connectivity index (χ1) is 8.72. The number of carbonyl (C=O) groups is 1. The molecule has 0 bridgehead atoms. The number of halogens is 1. The average molecular weight is 358 g/mol. The molecule has 1 saturated heterocycles. The Morgan fingerprint density at radius 2 is 2.06 bits per heavy atom. The van der Waals surface area contributed by atoms with E-state index in [4.69, 9.17) is 0 Å². The lowest BCUT2D eigenvalue weighted by Crippen LogP contribution is -2.40. The molecular weight excluding hydrogens is 339 g/mol. The molecule has 0 unspecified atom stereocenters. The first kappa shape index (κ1) is 13.8. The van der Waals surface area contributed by atoms with Gasteiger partial charge >= 0.3 is 0 Å². The van der Waals surface area contributed by atoms with Gasteiger partial charge in [0.25, 0.3) is 5.91 Å². The molecule has 18 heavy (non-hydrogen) atoms. The number of carbonyl (C=O) groups excluding carboxylic acids is 1. The Hall–Kier alpha value is -0.620. The van der Waals surface area contributed by atoms with Crippen molar-refractivity contribution in [2.45, 2.75) is 12.8 Å². The fourth-order valence-corrected chi connectivity index (χ4v) is 3.05. The van der Waals surface area contributed by atoms with Crippen molar-refractivity contribution in [1.82, 2.24) is 10.2 Å². The average Bonchev–Trinajstić information content (AvgIpc) is 2.40. The minimum absolute atomic E-state index is 0.183. The third-order valence-electron chi connectivity index (χ3n) is 3.50. The number of piperidine rings is 1.